The zero-order chi connectivity index (χ0) is 34.7. The van der Waals surface area contributed by atoms with Crippen LogP contribution in [0.5, 0.6) is 0 Å². The van der Waals surface area contributed by atoms with Gasteiger partial charge in [0.05, 0.1) is 51.9 Å². The number of hydrogen-bond acceptors (Lipinski definition) is 10. The summed E-state index contributed by atoms with van der Waals surface area (Å²) in [6, 6.07) is 10.6. The zero-order valence-corrected chi connectivity index (χ0v) is 28.8. The van der Waals surface area contributed by atoms with Crippen molar-refractivity contribution in [2.45, 2.75) is 122 Å². The summed E-state index contributed by atoms with van der Waals surface area (Å²) in [5.41, 5.74) is 5.88. The Morgan fingerprint density at radius 3 is 1.66 bits per heavy atom. The highest BCUT2D eigenvalue weighted by Crippen LogP contribution is 2.57. The number of hydrogen-bond donors (Lipinski definition) is 2. The van der Waals surface area contributed by atoms with Crippen LogP contribution in [0.15, 0.2) is 60.7 Å². The van der Waals surface area contributed by atoms with E-state index in [2.05, 4.69) is 6.92 Å². The van der Waals surface area contributed by atoms with Gasteiger partial charge in [-0.15, -0.1) is 0 Å². The summed E-state index contributed by atoms with van der Waals surface area (Å²) in [7, 11) is -4.58. The number of nitrogens with two attached hydrogens (primary N) is 1. The number of unbranched alkanes of at least 4 members (excludes halogenated alkanes) is 11. The quantitative estimate of drug-likeness (QED) is 0.0338. The molecule has 4 atom stereocenters. The first-order valence-corrected chi connectivity index (χ1v) is 18.1. The molecule has 262 valence electrons. The minimum atomic E-state index is -4.58. The molecule has 0 bridgehead atoms. The normalized spacial score (nSPS) is 15.6. The molecule has 2 aromatic rings. The van der Waals surface area contributed by atoms with Crippen LogP contribution in [0.4, 0.5) is 11.4 Å². The van der Waals surface area contributed by atoms with Gasteiger partial charge in [-0.05, 0) is 38.8 Å². The van der Waals surface area contributed by atoms with Crippen LogP contribution in [0.3, 0.4) is 0 Å². The Kier molecular flexibility index (Phi) is 18.6. The van der Waals surface area contributed by atoms with Crippen LogP contribution < -0.4 is 5.73 Å². The van der Waals surface area contributed by atoms with E-state index in [0.29, 0.717) is 0 Å². The van der Waals surface area contributed by atoms with Gasteiger partial charge in [0.15, 0.2) is 0 Å². The predicted octanol–water partition coefficient (Wildman–Crippen LogP) is 9.43. The van der Waals surface area contributed by atoms with Crippen LogP contribution >= 0.6 is 7.82 Å². The molecule has 0 aliphatic carbocycles. The Bertz CT molecular complexity index is 1240. The molecule has 13 heteroatoms. The van der Waals surface area contributed by atoms with Gasteiger partial charge in [0.1, 0.15) is 0 Å². The van der Waals surface area contributed by atoms with Crippen LogP contribution in [0.25, 0.3) is 0 Å². The van der Waals surface area contributed by atoms with E-state index in [4.69, 9.17) is 19.3 Å². The highest BCUT2D eigenvalue weighted by molar-refractivity contribution is 7.48. The summed E-state index contributed by atoms with van der Waals surface area (Å²) in [6.45, 7) is 4.67. The number of nitro benzene ring substituents is 2. The van der Waals surface area contributed by atoms with Gasteiger partial charge >= 0.3 is 7.82 Å². The minimum absolute atomic E-state index is 0.123. The number of aliphatic hydroxyl groups is 1. The molecule has 0 heterocycles. The lowest BCUT2D eigenvalue weighted by atomic mass is 10.0. The van der Waals surface area contributed by atoms with Crippen LogP contribution in [0, 0.1) is 20.2 Å². The molecule has 0 saturated heterocycles. The fourth-order valence-electron chi connectivity index (χ4n) is 5.16. The van der Waals surface area contributed by atoms with E-state index in [9.17, 15) is 29.9 Å². The zero-order valence-electron chi connectivity index (χ0n) is 27.9. The van der Waals surface area contributed by atoms with Gasteiger partial charge < -0.3 is 10.8 Å². The number of nitro groups is 2. The molecule has 3 N–H and O–H groups in total. The van der Waals surface area contributed by atoms with Crippen molar-refractivity contribution >= 4 is 19.2 Å². The van der Waals surface area contributed by atoms with E-state index in [1.165, 1.54) is 108 Å². The molecule has 2 aromatic carbocycles. The van der Waals surface area contributed by atoms with Gasteiger partial charge in [-0.1, -0.05) is 108 Å². The first-order chi connectivity index (χ1) is 22.5. The third-order valence-electron chi connectivity index (χ3n) is 7.89. The molecule has 0 aliphatic rings. The van der Waals surface area contributed by atoms with E-state index >= 15 is 0 Å². The molecule has 0 amide bonds. The Morgan fingerprint density at radius 2 is 1.21 bits per heavy atom. The molecule has 0 spiro atoms. The van der Waals surface area contributed by atoms with Gasteiger partial charge in [-0.2, -0.15) is 0 Å². The highest BCUT2D eigenvalue weighted by Gasteiger charge is 2.37. The fraction of sp³-hybridized carbons (Fsp3) is 0.588. The van der Waals surface area contributed by atoms with Crippen molar-refractivity contribution in [1.29, 1.82) is 0 Å². The summed E-state index contributed by atoms with van der Waals surface area (Å²) >= 11 is 0. The van der Waals surface area contributed by atoms with E-state index < -0.39 is 48.6 Å². The number of allylic oxidation sites excluding steroid dienone is 1. The average Bonchev–Trinajstić information content (AvgIpc) is 3.05. The second kappa shape index (κ2) is 21.8. The summed E-state index contributed by atoms with van der Waals surface area (Å²) in [5, 5.41) is 33.8. The first kappa shape index (κ1) is 40.2. The maximum Gasteiger partial charge on any atom is 0.476 e. The first-order valence-electron chi connectivity index (χ1n) is 16.7. The van der Waals surface area contributed by atoms with Crippen molar-refractivity contribution in [3.63, 3.8) is 0 Å². The second-order valence-corrected chi connectivity index (χ2v) is 13.4. The Morgan fingerprint density at radius 1 is 0.787 bits per heavy atom. The molecule has 0 saturated carbocycles. The van der Waals surface area contributed by atoms with Crippen molar-refractivity contribution in [1.82, 2.24) is 0 Å². The van der Waals surface area contributed by atoms with Crippen molar-refractivity contribution in [2.24, 2.45) is 5.73 Å². The molecule has 0 aliphatic heterocycles. The maximum atomic E-state index is 14.0. The van der Waals surface area contributed by atoms with Gasteiger partial charge in [0.25, 0.3) is 11.4 Å². The predicted molar refractivity (Wildman–Crippen MR) is 183 cm³/mol. The minimum Gasteiger partial charge on any atom is -0.387 e. The van der Waals surface area contributed by atoms with Crippen molar-refractivity contribution in [3.8, 4) is 0 Å². The number of benzene rings is 2. The highest BCUT2D eigenvalue weighted by atomic mass is 31.2. The molecule has 47 heavy (non-hydrogen) atoms. The second-order valence-electron chi connectivity index (χ2n) is 11.8. The largest absolute Gasteiger partial charge is 0.476 e. The summed E-state index contributed by atoms with van der Waals surface area (Å²) in [5.74, 6) is 0. The van der Waals surface area contributed by atoms with E-state index in [1.807, 2.05) is 6.08 Å². The summed E-state index contributed by atoms with van der Waals surface area (Å²) < 4.78 is 31.0. The maximum absolute atomic E-state index is 14.0. The number of aliphatic hydroxyl groups excluding tert-OH is 1. The number of rotatable bonds is 25. The number of para-hydroxylation sites is 2. The van der Waals surface area contributed by atoms with Crippen LogP contribution in [0.2, 0.25) is 0 Å². The standard InChI is InChI=1S/C34H52N3O9P/c1-4-5-6-7-8-9-10-11-12-13-14-15-16-25-34(38)31(35)26-44-47(43,45-27(2)29-21-17-19-23-32(29)36(39)40)46-28(3)30-22-18-20-24-33(30)37(41)42/h16-25,27-28,31,34,38H,4-15,26,35H2,1-3H3/b25-16+. The molecule has 0 fully saturated rings. The van der Waals surface area contributed by atoms with Gasteiger partial charge in [-0.25, -0.2) is 4.57 Å². The SMILES string of the molecule is CCCCCCCCCCCCC/C=C/C(O)C(N)COP(=O)(OC(C)c1ccccc1[N+](=O)[O-])OC(C)c1ccccc1[N+](=O)[O-]. The fourth-order valence-corrected chi connectivity index (χ4v) is 6.69. The number of phosphoric ester groups is 1. The van der Waals surface area contributed by atoms with E-state index in [-0.39, 0.29) is 22.5 Å². The molecule has 12 nitrogen and oxygen atoms in total. The topological polar surface area (TPSA) is 177 Å². The van der Waals surface area contributed by atoms with E-state index in [0.717, 1.165) is 19.3 Å². The number of phosphoric acid groups is 1. The van der Waals surface area contributed by atoms with Crippen molar-refractivity contribution in [3.05, 3.63) is 92.0 Å². The van der Waals surface area contributed by atoms with Crippen LogP contribution in [0.1, 0.15) is 121 Å². The third kappa shape index (κ3) is 14.8. The molecule has 0 aromatic heterocycles. The lowest BCUT2D eigenvalue weighted by Gasteiger charge is -2.26. The van der Waals surface area contributed by atoms with Gasteiger partial charge in [-0.3, -0.25) is 33.8 Å². The Hall–Kier alpha value is -2.99. The molecule has 2 rings (SSSR count). The lowest BCUT2D eigenvalue weighted by molar-refractivity contribution is -0.386. The molecule has 0 radical (unpaired) electrons. The van der Waals surface area contributed by atoms with Crippen molar-refractivity contribution in [2.75, 3.05) is 6.61 Å². The third-order valence-corrected chi connectivity index (χ3v) is 9.50. The average molecular weight is 678 g/mol. The summed E-state index contributed by atoms with van der Waals surface area (Å²) in [4.78, 5) is 22.0. The van der Waals surface area contributed by atoms with Crippen LogP contribution in [-0.2, 0) is 18.1 Å². The van der Waals surface area contributed by atoms with Gasteiger partial charge in [0, 0.05) is 12.1 Å². The Balaban J connectivity index is 1.98. The van der Waals surface area contributed by atoms with E-state index in [1.54, 1.807) is 18.2 Å². The molecular weight excluding hydrogens is 625 g/mol. The van der Waals surface area contributed by atoms with Gasteiger partial charge in [0.2, 0.25) is 0 Å². The molecular formula is C34H52N3O9P. The summed E-state index contributed by atoms with van der Waals surface area (Å²) in [6.07, 6.45) is 14.5. The van der Waals surface area contributed by atoms with Crippen LogP contribution in [-0.4, -0.2) is 33.7 Å². The number of nitrogens with zero attached hydrogens (tertiary/aromatic N) is 2. The smallest absolute Gasteiger partial charge is 0.387 e. The molecule has 4 unspecified atom stereocenters. The monoisotopic (exact) mass is 677 g/mol. The van der Waals surface area contributed by atoms with Crippen molar-refractivity contribution < 1.29 is 33.1 Å². The lowest BCUT2D eigenvalue weighted by Crippen LogP contribution is -2.37. The Labute approximate surface area is 278 Å².